The van der Waals surface area contributed by atoms with Crippen LogP contribution in [0.4, 0.5) is 0 Å². The van der Waals surface area contributed by atoms with Gasteiger partial charge >= 0.3 is 33.1 Å². The molecule has 19 heteroatoms. The predicted octanol–water partition coefficient (Wildman–Crippen LogP) is -3.52. The maximum atomic E-state index is 11.7. The van der Waals surface area contributed by atoms with E-state index in [1.165, 1.54) is 0 Å². The molecule has 32 heavy (non-hydrogen) atoms. The molecule has 186 valence electrons. The zero-order valence-electron chi connectivity index (χ0n) is 16.4. The van der Waals surface area contributed by atoms with Gasteiger partial charge in [0.1, 0.15) is 24.7 Å². The summed E-state index contributed by atoms with van der Waals surface area (Å²) in [5.41, 5.74) is 4.95. The molecular formula is C13H25N3O14P2. The number of primary amides is 1. The summed E-state index contributed by atoms with van der Waals surface area (Å²) in [6.45, 7) is -1.59. The standard InChI is InChI=1S/C13H25N3O14P2/c14-8(17)2-1-7(11(19)20)16(9(12(21)22)10(18)13(23)24)4-3-15(5-31(25,26)27)6-32(28,29)30/h7,9-10,18H,1-6H2,(H2,14,17)(H,19,20)(H,21,22)(H,23,24)(H2,25,26,27)(H2,28,29,30). The van der Waals surface area contributed by atoms with Gasteiger partial charge in [0.15, 0.2) is 6.10 Å². The number of nitrogens with two attached hydrogens (primary N) is 1. The number of aliphatic carboxylic acids is 3. The first-order chi connectivity index (χ1) is 14.4. The van der Waals surface area contributed by atoms with E-state index in [2.05, 4.69) is 0 Å². The van der Waals surface area contributed by atoms with Crippen LogP contribution in [0.15, 0.2) is 0 Å². The lowest BCUT2D eigenvalue weighted by atomic mass is 10.0. The van der Waals surface area contributed by atoms with E-state index in [0.717, 1.165) is 0 Å². The Morgan fingerprint density at radius 2 is 1.28 bits per heavy atom. The molecule has 0 spiro atoms. The van der Waals surface area contributed by atoms with Gasteiger partial charge in [0.25, 0.3) is 0 Å². The second-order valence-electron chi connectivity index (χ2n) is 6.67. The van der Waals surface area contributed by atoms with Crippen molar-refractivity contribution in [2.45, 2.75) is 31.0 Å². The molecule has 0 radical (unpaired) electrons. The maximum Gasteiger partial charge on any atom is 0.339 e. The van der Waals surface area contributed by atoms with Gasteiger partial charge in [-0.25, -0.2) is 4.79 Å². The molecule has 0 heterocycles. The highest BCUT2D eigenvalue weighted by molar-refractivity contribution is 7.52. The molecule has 0 aromatic rings. The van der Waals surface area contributed by atoms with Gasteiger partial charge in [-0.2, -0.15) is 0 Å². The smallest absolute Gasteiger partial charge is 0.339 e. The Hall–Kier alpha value is -1.94. The molecule has 0 aromatic heterocycles. The number of carbonyl (C=O) groups excluding carboxylic acids is 1. The lowest BCUT2D eigenvalue weighted by Crippen LogP contribution is -2.59. The predicted molar refractivity (Wildman–Crippen MR) is 102 cm³/mol. The van der Waals surface area contributed by atoms with Crippen LogP contribution < -0.4 is 5.73 Å². The Bertz CT molecular complexity index is 771. The number of carbonyl (C=O) groups is 4. The minimum Gasteiger partial charge on any atom is -0.480 e. The fraction of sp³-hybridized carbons (Fsp3) is 0.692. The maximum absolute atomic E-state index is 11.7. The fourth-order valence-corrected chi connectivity index (χ4v) is 4.44. The van der Waals surface area contributed by atoms with Crippen LogP contribution >= 0.6 is 15.2 Å². The molecule has 0 saturated carbocycles. The number of hydrogen-bond acceptors (Lipinski definition) is 9. The highest BCUT2D eigenvalue weighted by Gasteiger charge is 2.43. The van der Waals surface area contributed by atoms with Crippen molar-refractivity contribution >= 4 is 39.0 Å². The van der Waals surface area contributed by atoms with E-state index in [9.17, 15) is 43.6 Å². The van der Waals surface area contributed by atoms with Crippen LogP contribution in [-0.4, -0.2) is 117 Å². The van der Waals surface area contributed by atoms with Crippen LogP contribution in [0.3, 0.4) is 0 Å². The van der Waals surface area contributed by atoms with Crippen LogP contribution in [0.1, 0.15) is 12.8 Å². The minimum atomic E-state index is -4.89. The highest BCUT2D eigenvalue weighted by Crippen LogP contribution is 2.40. The summed E-state index contributed by atoms with van der Waals surface area (Å²) >= 11 is 0. The summed E-state index contributed by atoms with van der Waals surface area (Å²) in [6, 6.07) is -4.32. The quantitative estimate of drug-likeness (QED) is 0.0911. The van der Waals surface area contributed by atoms with E-state index >= 15 is 0 Å². The van der Waals surface area contributed by atoms with Gasteiger partial charge in [-0.15, -0.1) is 0 Å². The second-order valence-corrected chi connectivity index (χ2v) is 9.89. The first kappa shape index (κ1) is 30.1. The fourth-order valence-electron chi connectivity index (χ4n) is 2.76. The SMILES string of the molecule is NC(=O)CCC(C(=O)O)N(CCN(CP(=O)(O)O)CP(=O)(O)O)C(C(=O)O)C(O)C(=O)O. The molecule has 0 aliphatic heterocycles. The zero-order valence-corrected chi connectivity index (χ0v) is 18.2. The van der Waals surface area contributed by atoms with Gasteiger partial charge in [0.05, 0.1) is 0 Å². The van der Waals surface area contributed by atoms with Crippen molar-refractivity contribution < 1.29 is 68.3 Å². The molecule has 1 amide bonds. The molecule has 0 rings (SSSR count). The molecule has 0 fully saturated rings. The summed E-state index contributed by atoms with van der Waals surface area (Å²) in [5, 5.41) is 37.7. The Kier molecular flexibility index (Phi) is 11.6. The first-order valence-corrected chi connectivity index (χ1v) is 12.2. The average Bonchev–Trinajstić information content (AvgIpc) is 2.55. The van der Waals surface area contributed by atoms with Gasteiger partial charge in [-0.1, -0.05) is 0 Å². The molecule has 0 aliphatic rings. The van der Waals surface area contributed by atoms with Crippen LogP contribution in [-0.2, 0) is 28.3 Å². The molecule has 0 saturated heterocycles. The Morgan fingerprint density at radius 1 is 0.812 bits per heavy atom. The van der Waals surface area contributed by atoms with Gasteiger partial charge in [0, 0.05) is 19.5 Å². The van der Waals surface area contributed by atoms with Crippen molar-refractivity contribution in [3.63, 3.8) is 0 Å². The minimum absolute atomic E-state index is 0.429. The highest BCUT2D eigenvalue weighted by atomic mass is 31.2. The van der Waals surface area contributed by atoms with Crippen LogP contribution in [0.25, 0.3) is 0 Å². The van der Waals surface area contributed by atoms with Crippen molar-refractivity contribution in [1.82, 2.24) is 9.80 Å². The Morgan fingerprint density at radius 3 is 1.59 bits per heavy atom. The van der Waals surface area contributed by atoms with E-state index in [1.807, 2.05) is 0 Å². The molecule has 0 bridgehead atoms. The molecule has 17 nitrogen and oxygen atoms in total. The number of aliphatic hydroxyl groups is 1. The lowest BCUT2D eigenvalue weighted by Gasteiger charge is -2.36. The van der Waals surface area contributed by atoms with Crippen LogP contribution in [0.5, 0.6) is 0 Å². The third kappa shape index (κ3) is 11.6. The Balaban J connectivity index is 6.15. The molecule has 0 aromatic carbocycles. The zero-order chi connectivity index (χ0) is 25.4. The van der Waals surface area contributed by atoms with E-state index < -0.39 is 95.7 Å². The van der Waals surface area contributed by atoms with Gasteiger partial charge in [-0.05, 0) is 6.42 Å². The normalized spacial score (nSPS) is 15.3. The van der Waals surface area contributed by atoms with Gasteiger partial charge < -0.3 is 45.7 Å². The summed E-state index contributed by atoms with van der Waals surface area (Å²) in [7, 11) is -9.77. The number of nitrogens with zero attached hydrogens (tertiary/aromatic N) is 2. The van der Waals surface area contributed by atoms with Crippen molar-refractivity contribution in [2.75, 3.05) is 25.7 Å². The number of carboxylic acid groups (broad SMARTS) is 3. The van der Waals surface area contributed by atoms with E-state index in [4.69, 9.17) is 30.4 Å². The second kappa shape index (κ2) is 12.3. The Labute approximate surface area is 180 Å². The largest absolute Gasteiger partial charge is 0.480 e. The first-order valence-electron chi connectivity index (χ1n) is 8.57. The van der Waals surface area contributed by atoms with Gasteiger partial charge in [-0.3, -0.25) is 33.3 Å². The van der Waals surface area contributed by atoms with Crippen molar-refractivity contribution in [3.05, 3.63) is 0 Å². The van der Waals surface area contributed by atoms with Crippen LogP contribution in [0.2, 0.25) is 0 Å². The van der Waals surface area contributed by atoms with Crippen molar-refractivity contribution in [1.29, 1.82) is 0 Å². The van der Waals surface area contributed by atoms with Gasteiger partial charge in [0.2, 0.25) is 5.91 Å². The average molecular weight is 509 g/mol. The summed E-state index contributed by atoms with van der Waals surface area (Å²) in [4.78, 5) is 82.9. The molecule has 3 atom stereocenters. The topological polar surface area (TPSA) is 297 Å². The molecule has 0 aliphatic carbocycles. The monoisotopic (exact) mass is 509 g/mol. The number of amides is 1. The molecule has 10 N–H and O–H groups in total. The number of rotatable bonds is 16. The third-order valence-electron chi connectivity index (χ3n) is 3.95. The van der Waals surface area contributed by atoms with E-state index in [1.54, 1.807) is 0 Å². The third-order valence-corrected chi connectivity index (χ3v) is 5.49. The number of aliphatic hydroxyl groups excluding tert-OH is 1. The van der Waals surface area contributed by atoms with E-state index in [0.29, 0.717) is 9.80 Å². The number of hydrogen-bond donors (Lipinski definition) is 9. The molecule has 3 unspecified atom stereocenters. The summed E-state index contributed by atoms with van der Waals surface area (Å²) in [6.07, 6.45) is -6.29. The lowest BCUT2D eigenvalue weighted by molar-refractivity contribution is -0.166. The van der Waals surface area contributed by atoms with Crippen LogP contribution in [0, 0.1) is 0 Å². The summed E-state index contributed by atoms with van der Waals surface area (Å²) in [5.74, 6) is -6.75. The number of carboxylic acids is 3. The van der Waals surface area contributed by atoms with Crippen molar-refractivity contribution in [3.8, 4) is 0 Å². The summed E-state index contributed by atoms with van der Waals surface area (Å²) < 4.78 is 22.5. The molecular weight excluding hydrogens is 484 g/mol. The van der Waals surface area contributed by atoms with Crippen molar-refractivity contribution in [2.24, 2.45) is 5.73 Å². The van der Waals surface area contributed by atoms with E-state index in [-0.39, 0.29) is 0 Å².